The van der Waals surface area contributed by atoms with Gasteiger partial charge >= 0.3 is 0 Å². The van der Waals surface area contributed by atoms with Gasteiger partial charge in [-0.3, -0.25) is 14.5 Å². The summed E-state index contributed by atoms with van der Waals surface area (Å²) in [6.45, 7) is 1.68. The van der Waals surface area contributed by atoms with E-state index >= 15 is 0 Å². The van der Waals surface area contributed by atoms with Crippen molar-refractivity contribution >= 4 is 28.3 Å². The number of nitrogens with zero attached hydrogens (tertiary/aromatic N) is 3. The van der Waals surface area contributed by atoms with Gasteiger partial charge in [0, 0.05) is 50.6 Å². The number of carbonyl (C=O) groups is 2. The molecule has 0 radical (unpaired) electrons. The fraction of sp³-hybridized carbons (Fsp3) is 0.737. The van der Waals surface area contributed by atoms with E-state index in [9.17, 15) is 18.4 Å². The minimum Gasteiger partial charge on any atom is -0.340 e. The minimum atomic E-state index is -2.34. The second-order valence-electron chi connectivity index (χ2n) is 7.87. The summed E-state index contributed by atoms with van der Waals surface area (Å²) >= 11 is 1.38. The Labute approximate surface area is 168 Å². The molecule has 156 valence electrons. The van der Waals surface area contributed by atoms with E-state index in [2.05, 4.69) is 10.3 Å². The van der Waals surface area contributed by atoms with E-state index in [0.29, 0.717) is 44.2 Å². The van der Waals surface area contributed by atoms with E-state index in [1.807, 2.05) is 5.38 Å². The quantitative estimate of drug-likeness (QED) is 0.744. The van der Waals surface area contributed by atoms with E-state index in [1.165, 1.54) is 11.3 Å². The zero-order valence-corrected chi connectivity index (χ0v) is 16.9. The summed E-state index contributed by atoms with van der Waals surface area (Å²) in [7, 11) is 0. The van der Waals surface area contributed by atoms with Crippen LogP contribution >= 0.6 is 11.3 Å². The van der Waals surface area contributed by atoms with Crippen LogP contribution in [0.25, 0.3) is 0 Å². The Hall–Kier alpha value is -1.61. The van der Waals surface area contributed by atoms with Gasteiger partial charge in [-0.1, -0.05) is 19.3 Å². The number of carbonyl (C=O) groups excluding carboxylic acids is 2. The molecule has 28 heavy (non-hydrogen) atoms. The standard InChI is InChI=1S/C19H28F2N4O2S/c20-15(21)14-24-7-9-25(10-8-24)17(27)13-19(4-2-1-3-5-19)12-16(26)23-18-22-6-11-28-18/h6,11,15H,1-5,7-10,12-14H2,(H,22,23,26). The van der Waals surface area contributed by atoms with Crippen LogP contribution in [0.2, 0.25) is 0 Å². The Morgan fingerprint density at radius 1 is 1.14 bits per heavy atom. The lowest BCUT2D eigenvalue weighted by Gasteiger charge is -2.40. The van der Waals surface area contributed by atoms with Crippen LogP contribution in [0.4, 0.5) is 13.9 Å². The molecule has 1 aromatic heterocycles. The number of nitrogens with one attached hydrogen (secondary N) is 1. The number of aromatic nitrogens is 1. The first kappa shape index (κ1) is 21.1. The maximum absolute atomic E-state index is 12.9. The van der Waals surface area contributed by atoms with Crippen LogP contribution in [0, 0.1) is 5.41 Å². The SMILES string of the molecule is O=C(CC1(CC(=O)N2CCN(CC(F)F)CC2)CCCCC1)Nc1nccs1. The van der Waals surface area contributed by atoms with Crippen molar-refractivity contribution in [1.82, 2.24) is 14.8 Å². The highest BCUT2D eigenvalue weighted by molar-refractivity contribution is 7.13. The second-order valence-corrected chi connectivity index (χ2v) is 8.77. The van der Waals surface area contributed by atoms with Gasteiger partial charge in [0.05, 0.1) is 6.54 Å². The van der Waals surface area contributed by atoms with Gasteiger partial charge in [0.2, 0.25) is 11.8 Å². The van der Waals surface area contributed by atoms with Gasteiger partial charge in [-0.15, -0.1) is 11.3 Å². The van der Waals surface area contributed by atoms with Crippen molar-refractivity contribution in [3.05, 3.63) is 11.6 Å². The third-order valence-electron chi connectivity index (χ3n) is 5.78. The summed E-state index contributed by atoms with van der Waals surface area (Å²) in [5.41, 5.74) is -0.309. The normalized spacial score (nSPS) is 20.3. The van der Waals surface area contributed by atoms with E-state index in [-0.39, 0.29) is 23.8 Å². The van der Waals surface area contributed by atoms with Gasteiger partial charge in [-0.2, -0.15) is 0 Å². The van der Waals surface area contributed by atoms with Gasteiger partial charge in [-0.05, 0) is 18.3 Å². The fourth-order valence-corrected chi connectivity index (χ4v) is 4.86. The molecule has 2 fully saturated rings. The summed E-state index contributed by atoms with van der Waals surface area (Å²) in [6, 6.07) is 0. The molecule has 0 bridgehead atoms. The summed E-state index contributed by atoms with van der Waals surface area (Å²) in [5, 5.41) is 5.23. The second kappa shape index (κ2) is 9.73. The van der Waals surface area contributed by atoms with Crippen molar-refractivity contribution in [2.75, 3.05) is 38.0 Å². The number of thiazole rings is 1. The number of anilines is 1. The molecule has 9 heteroatoms. The molecular formula is C19H28F2N4O2S. The van der Waals surface area contributed by atoms with Crippen molar-refractivity contribution in [2.45, 2.75) is 51.4 Å². The average molecular weight is 415 g/mol. The maximum atomic E-state index is 12.9. The number of alkyl halides is 2. The molecule has 1 aromatic rings. The number of halogens is 2. The van der Waals surface area contributed by atoms with Gasteiger partial charge in [-0.25, -0.2) is 13.8 Å². The Morgan fingerprint density at radius 2 is 1.86 bits per heavy atom. The first-order chi connectivity index (χ1) is 13.5. The molecule has 1 N–H and O–H groups in total. The summed E-state index contributed by atoms with van der Waals surface area (Å²) in [6.07, 6.45) is 4.91. The zero-order chi connectivity index (χ0) is 20.0. The Morgan fingerprint density at radius 3 is 2.46 bits per heavy atom. The van der Waals surface area contributed by atoms with Crippen LogP contribution in [-0.4, -0.2) is 65.7 Å². The molecule has 0 atom stereocenters. The predicted octanol–water partition coefficient (Wildman–Crippen LogP) is 3.22. The molecule has 1 saturated carbocycles. The molecule has 2 amide bonds. The van der Waals surface area contributed by atoms with E-state index in [4.69, 9.17) is 0 Å². The lowest BCUT2D eigenvalue weighted by atomic mass is 9.69. The Bertz CT molecular complexity index is 642. The van der Waals surface area contributed by atoms with Crippen molar-refractivity contribution in [2.24, 2.45) is 5.41 Å². The monoisotopic (exact) mass is 414 g/mol. The van der Waals surface area contributed by atoms with Crippen LogP contribution in [0.1, 0.15) is 44.9 Å². The average Bonchev–Trinajstić information content (AvgIpc) is 3.15. The third kappa shape index (κ3) is 5.94. The van der Waals surface area contributed by atoms with E-state index in [0.717, 1.165) is 32.1 Å². The number of hydrogen-bond donors (Lipinski definition) is 1. The Kier molecular flexibility index (Phi) is 7.34. The van der Waals surface area contributed by atoms with Crippen molar-refractivity contribution in [3.63, 3.8) is 0 Å². The first-order valence-corrected chi connectivity index (χ1v) is 10.8. The van der Waals surface area contributed by atoms with Crippen molar-refractivity contribution in [1.29, 1.82) is 0 Å². The van der Waals surface area contributed by atoms with Crippen molar-refractivity contribution in [3.8, 4) is 0 Å². The largest absolute Gasteiger partial charge is 0.340 e. The lowest BCUT2D eigenvalue weighted by molar-refractivity contribution is -0.137. The van der Waals surface area contributed by atoms with Gasteiger partial charge in [0.25, 0.3) is 6.43 Å². The fourth-order valence-electron chi connectivity index (χ4n) is 4.31. The molecule has 2 heterocycles. The van der Waals surface area contributed by atoms with Crippen LogP contribution in [0.15, 0.2) is 11.6 Å². The third-order valence-corrected chi connectivity index (χ3v) is 6.46. The van der Waals surface area contributed by atoms with Gasteiger partial charge < -0.3 is 10.2 Å². The molecule has 1 aliphatic heterocycles. The highest BCUT2D eigenvalue weighted by Gasteiger charge is 2.38. The van der Waals surface area contributed by atoms with Crippen LogP contribution in [-0.2, 0) is 9.59 Å². The van der Waals surface area contributed by atoms with Gasteiger partial charge in [0.1, 0.15) is 0 Å². The van der Waals surface area contributed by atoms with E-state index < -0.39 is 6.43 Å². The minimum absolute atomic E-state index is 0.0423. The number of hydrogen-bond acceptors (Lipinski definition) is 5. The smallest absolute Gasteiger partial charge is 0.251 e. The van der Waals surface area contributed by atoms with Gasteiger partial charge in [0.15, 0.2) is 5.13 Å². The number of rotatable bonds is 7. The van der Waals surface area contributed by atoms with E-state index in [1.54, 1.807) is 16.0 Å². The first-order valence-electron chi connectivity index (χ1n) is 9.93. The van der Waals surface area contributed by atoms with Crippen LogP contribution in [0.3, 0.4) is 0 Å². The molecule has 2 aliphatic rings. The molecular weight excluding hydrogens is 386 g/mol. The number of piperazine rings is 1. The molecule has 6 nitrogen and oxygen atoms in total. The van der Waals surface area contributed by atoms with Crippen LogP contribution < -0.4 is 5.32 Å². The molecule has 1 saturated heterocycles. The molecule has 0 unspecified atom stereocenters. The highest BCUT2D eigenvalue weighted by Crippen LogP contribution is 2.43. The van der Waals surface area contributed by atoms with Crippen molar-refractivity contribution < 1.29 is 18.4 Å². The number of amides is 2. The summed E-state index contributed by atoms with van der Waals surface area (Å²) in [5.74, 6) is -0.0490. The molecule has 0 spiro atoms. The maximum Gasteiger partial charge on any atom is 0.251 e. The highest BCUT2D eigenvalue weighted by atomic mass is 32.1. The molecule has 0 aromatic carbocycles. The summed E-state index contributed by atoms with van der Waals surface area (Å²) < 4.78 is 25.1. The van der Waals surface area contributed by atoms with Crippen LogP contribution in [0.5, 0.6) is 0 Å². The summed E-state index contributed by atoms with van der Waals surface area (Å²) in [4.78, 5) is 33.0. The topological polar surface area (TPSA) is 65.5 Å². The molecule has 1 aliphatic carbocycles. The molecule has 3 rings (SSSR count). The zero-order valence-electron chi connectivity index (χ0n) is 16.0. The predicted molar refractivity (Wildman–Crippen MR) is 105 cm³/mol. The lowest BCUT2D eigenvalue weighted by Crippen LogP contribution is -2.50. The Balaban J connectivity index is 1.56.